The Kier molecular flexibility index (Phi) is 9.00. The van der Waals surface area contributed by atoms with Crippen LogP contribution in [0.5, 0.6) is 0 Å². The molecule has 0 aromatic rings. The van der Waals surface area contributed by atoms with Gasteiger partial charge in [-0.05, 0) is 20.9 Å². The van der Waals surface area contributed by atoms with Crippen LogP contribution in [-0.4, -0.2) is 64.6 Å². The molecule has 15 heavy (non-hydrogen) atoms. The highest BCUT2D eigenvalue weighted by molar-refractivity contribution is 4.65. The van der Waals surface area contributed by atoms with E-state index in [0.29, 0.717) is 12.1 Å². The quantitative estimate of drug-likeness (QED) is 0.614. The van der Waals surface area contributed by atoms with Gasteiger partial charge in [0.25, 0.3) is 0 Å². The summed E-state index contributed by atoms with van der Waals surface area (Å²) in [6, 6.07) is 0.885. The second-order valence-electron chi connectivity index (χ2n) is 4.10. The molecule has 0 heterocycles. The van der Waals surface area contributed by atoms with Crippen LogP contribution in [0.25, 0.3) is 0 Å². The van der Waals surface area contributed by atoms with Crippen LogP contribution in [0.2, 0.25) is 0 Å². The van der Waals surface area contributed by atoms with Gasteiger partial charge in [0, 0.05) is 39.4 Å². The molecular formula is C11H26N2O2. The van der Waals surface area contributed by atoms with Crippen molar-refractivity contribution in [3.8, 4) is 0 Å². The van der Waals surface area contributed by atoms with E-state index in [-0.39, 0.29) is 0 Å². The average Bonchev–Trinajstić information content (AvgIpc) is 2.18. The largest absolute Gasteiger partial charge is 0.383 e. The molecule has 0 aliphatic heterocycles. The molecule has 0 amide bonds. The van der Waals surface area contributed by atoms with E-state index in [2.05, 4.69) is 31.1 Å². The Hall–Kier alpha value is -0.160. The van der Waals surface area contributed by atoms with Crippen LogP contribution < -0.4 is 5.32 Å². The number of methoxy groups -OCH3 is 2. The standard InChI is InChI=1S/C11H26N2O2/c1-10(8-14-4)12-6-7-13(3)11(2)9-15-5/h10-12H,6-9H2,1-5H3. The van der Waals surface area contributed by atoms with Crippen molar-refractivity contribution < 1.29 is 9.47 Å². The Balaban J connectivity index is 3.49. The lowest BCUT2D eigenvalue weighted by Gasteiger charge is -2.24. The normalized spacial score (nSPS) is 15.6. The summed E-state index contributed by atoms with van der Waals surface area (Å²) in [5, 5.41) is 3.40. The van der Waals surface area contributed by atoms with E-state index in [4.69, 9.17) is 9.47 Å². The van der Waals surface area contributed by atoms with Crippen LogP contribution in [0.4, 0.5) is 0 Å². The molecule has 2 unspecified atom stereocenters. The molecule has 0 radical (unpaired) electrons. The van der Waals surface area contributed by atoms with Crippen LogP contribution >= 0.6 is 0 Å². The van der Waals surface area contributed by atoms with E-state index >= 15 is 0 Å². The van der Waals surface area contributed by atoms with Gasteiger partial charge in [-0.25, -0.2) is 0 Å². The first-order chi connectivity index (χ1) is 7.11. The van der Waals surface area contributed by atoms with E-state index in [1.54, 1.807) is 14.2 Å². The first kappa shape index (κ1) is 14.8. The molecule has 0 bridgehead atoms. The Morgan fingerprint density at radius 3 is 2.27 bits per heavy atom. The van der Waals surface area contributed by atoms with Crippen LogP contribution in [-0.2, 0) is 9.47 Å². The first-order valence-electron chi connectivity index (χ1n) is 5.53. The first-order valence-corrected chi connectivity index (χ1v) is 5.53. The zero-order valence-corrected chi connectivity index (χ0v) is 10.7. The van der Waals surface area contributed by atoms with Gasteiger partial charge in [0.2, 0.25) is 0 Å². The molecule has 0 fully saturated rings. The summed E-state index contributed by atoms with van der Waals surface area (Å²) < 4.78 is 10.2. The second-order valence-corrected chi connectivity index (χ2v) is 4.10. The highest BCUT2D eigenvalue weighted by Crippen LogP contribution is 1.94. The van der Waals surface area contributed by atoms with E-state index in [9.17, 15) is 0 Å². The number of ether oxygens (including phenoxy) is 2. The predicted molar refractivity (Wildman–Crippen MR) is 63.3 cm³/mol. The smallest absolute Gasteiger partial charge is 0.0615 e. The molecule has 1 N–H and O–H groups in total. The fraction of sp³-hybridized carbons (Fsp3) is 1.00. The molecule has 92 valence electrons. The molecule has 0 rings (SSSR count). The van der Waals surface area contributed by atoms with Gasteiger partial charge in [-0.15, -0.1) is 0 Å². The van der Waals surface area contributed by atoms with Crippen molar-refractivity contribution in [3.05, 3.63) is 0 Å². The van der Waals surface area contributed by atoms with Gasteiger partial charge in [-0.2, -0.15) is 0 Å². The summed E-state index contributed by atoms with van der Waals surface area (Å²) in [5.41, 5.74) is 0. The van der Waals surface area contributed by atoms with Gasteiger partial charge < -0.3 is 19.7 Å². The lowest BCUT2D eigenvalue weighted by Crippen LogP contribution is -2.40. The van der Waals surface area contributed by atoms with Gasteiger partial charge in [0.15, 0.2) is 0 Å². The third kappa shape index (κ3) is 7.73. The Morgan fingerprint density at radius 1 is 1.13 bits per heavy atom. The van der Waals surface area contributed by atoms with Crippen molar-refractivity contribution in [2.24, 2.45) is 0 Å². The van der Waals surface area contributed by atoms with Crippen LogP contribution in [0.1, 0.15) is 13.8 Å². The van der Waals surface area contributed by atoms with Gasteiger partial charge in [0.05, 0.1) is 13.2 Å². The Morgan fingerprint density at radius 2 is 1.73 bits per heavy atom. The molecular weight excluding hydrogens is 192 g/mol. The lowest BCUT2D eigenvalue weighted by molar-refractivity contribution is 0.114. The van der Waals surface area contributed by atoms with Crippen LogP contribution in [0, 0.1) is 0 Å². The van der Waals surface area contributed by atoms with E-state index in [0.717, 1.165) is 26.3 Å². The minimum Gasteiger partial charge on any atom is -0.383 e. The third-order valence-electron chi connectivity index (χ3n) is 2.53. The number of nitrogens with zero attached hydrogens (tertiary/aromatic N) is 1. The Bertz CT molecular complexity index is 145. The van der Waals surface area contributed by atoms with Crippen molar-refractivity contribution in [3.63, 3.8) is 0 Å². The van der Waals surface area contributed by atoms with Gasteiger partial charge in [0.1, 0.15) is 0 Å². The number of rotatable bonds is 9. The number of nitrogens with one attached hydrogen (secondary N) is 1. The maximum atomic E-state index is 5.11. The molecule has 0 saturated carbocycles. The summed E-state index contributed by atoms with van der Waals surface area (Å²) >= 11 is 0. The Labute approximate surface area is 93.9 Å². The molecule has 0 aromatic heterocycles. The monoisotopic (exact) mass is 218 g/mol. The van der Waals surface area contributed by atoms with Crippen molar-refractivity contribution >= 4 is 0 Å². The van der Waals surface area contributed by atoms with Crippen molar-refractivity contribution in [2.45, 2.75) is 25.9 Å². The topological polar surface area (TPSA) is 33.7 Å². The zero-order valence-electron chi connectivity index (χ0n) is 10.7. The minimum absolute atomic E-state index is 0.418. The molecule has 0 aliphatic rings. The highest BCUT2D eigenvalue weighted by Gasteiger charge is 2.08. The highest BCUT2D eigenvalue weighted by atomic mass is 16.5. The summed E-state index contributed by atoms with van der Waals surface area (Å²) in [7, 11) is 5.58. The van der Waals surface area contributed by atoms with E-state index in [1.807, 2.05) is 0 Å². The average molecular weight is 218 g/mol. The number of hydrogen-bond donors (Lipinski definition) is 1. The molecule has 0 spiro atoms. The fourth-order valence-corrected chi connectivity index (χ4v) is 1.39. The zero-order chi connectivity index (χ0) is 11.7. The molecule has 4 nitrogen and oxygen atoms in total. The maximum Gasteiger partial charge on any atom is 0.0615 e. The summed E-state index contributed by atoms with van der Waals surface area (Å²) in [6.45, 7) is 7.85. The molecule has 0 aromatic carbocycles. The number of hydrogen-bond acceptors (Lipinski definition) is 4. The minimum atomic E-state index is 0.418. The van der Waals surface area contributed by atoms with E-state index in [1.165, 1.54) is 0 Å². The predicted octanol–water partition coefficient (Wildman–Crippen LogP) is 0.578. The lowest BCUT2D eigenvalue weighted by atomic mass is 10.3. The third-order valence-corrected chi connectivity index (χ3v) is 2.53. The van der Waals surface area contributed by atoms with Crippen molar-refractivity contribution in [2.75, 3.05) is 47.6 Å². The van der Waals surface area contributed by atoms with Gasteiger partial charge in [-0.3, -0.25) is 0 Å². The van der Waals surface area contributed by atoms with Crippen molar-refractivity contribution in [1.29, 1.82) is 0 Å². The molecule has 4 heteroatoms. The van der Waals surface area contributed by atoms with Crippen LogP contribution in [0.15, 0.2) is 0 Å². The SMILES string of the molecule is COCC(C)NCCN(C)C(C)COC. The maximum absolute atomic E-state index is 5.11. The molecule has 0 aliphatic carbocycles. The summed E-state index contributed by atoms with van der Waals surface area (Å²) in [4.78, 5) is 2.29. The number of likely N-dealkylation sites (N-methyl/N-ethyl adjacent to an activating group) is 1. The summed E-state index contributed by atoms with van der Waals surface area (Å²) in [5.74, 6) is 0. The molecule has 2 atom stereocenters. The van der Waals surface area contributed by atoms with Gasteiger partial charge >= 0.3 is 0 Å². The van der Waals surface area contributed by atoms with Crippen LogP contribution in [0.3, 0.4) is 0 Å². The van der Waals surface area contributed by atoms with E-state index < -0.39 is 0 Å². The molecule has 0 saturated heterocycles. The van der Waals surface area contributed by atoms with Crippen molar-refractivity contribution in [1.82, 2.24) is 10.2 Å². The second kappa shape index (κ2) is 9.09. The fourth-order valence-electron chi connectivity index (χ4n) is 1.39. The van der Waals surface area contributed by atoms with Gasteiger partial charge in [-0.1, -0.05) is 0 Å². The summed E-state index contributed by atoms with van der Waals surface area (Å²) in [6.07, 6.45) is 0.